The molecule has 0 atom stereocenters. The summed E-state index contributed by atoms with van der Waals surface area (Å²) in [5.41, 5.74) is -0.456. The molecule has 1 saturated heterocycles. The Bertz CT molecular complexity index is 215. The second-order valence-electron chi connectivity index (χ2n) is 4.29. The lowest BCUT2D eigenvalue weighted by atomic mass is 10.1. The molecule has 0 radical (unpaired) electrons. The molecule has 1 fully saturated rings. The molecule has 0 aromatic rings. The van der Waals surface area contributed by atoms with Gasteiger partial charge in [0.05, 0.1) is 0 Å². The topological polar surface area (TPSA) is 46.6 Å². The van der Waals surface area contributed by atoms with Gasteiger partial charge >= 0.3 is 0 Å². The number of carbonyl (C=O) groups is 2. The number of carbonyl (C=O) groups excluding carboxylic acids is 2. The van der Waals surface area contributed by atoms with E-state index in [0.29, 0.717) is 31.6 Å². The Balaban J connectivity index is 2.36. The lowest BCUT2D eigenvalue weighted by molar-refractivity contribution is -0.142. The Morgan fingerprint density at radius 2 is 2.00 bits per heavy atom. The van der Waals surface area contributed by atoms with Crippen molar-refractivity contribution < 1.29 is 14.3 Å². The van der Waals surface area contributed by atoms with Crippen LogP contribution in [0.25, 0.3) is 0 Å². The Labute approximate surface area is 84.2 Å². The normalized spacial score (nSPS) is 19.4. The lowest BCUT2D eigenvalue weighted by Crippen LogP contribution is -2.44. The summed E-state index contributed by atoms with van der Waals surface area (Å²) in [6.45, 7) is 6.48. The van der Waals surface area contributed by atoms with Gasteiger partial charge in [0.1, 0.15) is 11.4 Å². The molecular formula is C10H17NO3. The number of rotatable bonds is 4. The van der Waals surface area contributed by atoms with Gasteiger partial charge in [-0.3, -0.25) is 14.5 Å². The monoisotopic (exact) mass is 199 g/mol. The summed E-state index contributed by atoms with van der Waals surface area (Å²) < 4.78 is 4.95. The Hall–Kier alpha value is -0.900. The van der Waals surface area contributed by atoms with Gasteiger partial charge in [0.25, 0.3) is 6.47 Å². The Morgan fingerprint density at radius 3 is 2.50 bits per heavy atom. The van der Waals surface area contributed by atoms with Crippen molar-refractivity contribution in [2.24, 2.45) is 0 Å². The number of likely N-dealkylation sites (tertiary alicyclic amines) is 1. The van der Waals surface area contributed by atoms with E-state index in [1.807, 2.05) is 13.8 Å². The van der Waals surface area contributed by atoms with Gasteiger partial charge in [-0.15, -0.1) is 0 Å². The molecule has 0 aromatic carbocycles. The minimum atomic E-state index is -0.456. The second kappa shape index (κ2) is 4.55. The molecule has 0 spiro atoms. The van der Waals surface area contributed by atoms with Crippen LogP contribution in [0.4, 0.5) is 0 Å². The highest BCUT2D eigenvalue weighted by Gasteiger charge is 2.25. The average Bonchev–Trinajstić information content (AvgIpc) is 2.08. The Kier molecular flexibility index (Phi) is 3.63. The first-order valence-corrected chi connectivity index (χ1v) is 4.89. The summed E-state index contributed by atoms with van der Waals surface area (Å²) in [6.07, 6.45) is 1.24. The molecule has 1 aliphatic heterocycles. The second-order valence-corrected chi connectivity index (χ2v) is 4.29. The quantitative estimate of drug-likeness (QED) is 0.622. The number of piperidine rings is 1. The third-order valence-corrected chi connectivity index (χ3v) is 2.39. The van der Waals surface area contributed by atoms with Crippen LogP contribution < -0.4 is 0 Å². The summed E-state index contributed by atoms with van der Waals surface area (Å²) in [5, 5.41) is 0. The predicted molar refractivity (Wildman–Crippen MR) is 51.9 cm³/mol. The number of ketones is 1. The predicted octanol–water partition coefficient (Wildman–Crippen LogP) is 0.603. The Morgan fingerprint density at radius 1 is 1.43 bits per heavy atom. The van der Waals surface area contributed by atoms with E-state index in [0.717, 1.165) is 13.1 Å². The van der Waals surface area contributed by atoms with Crippen molar-refractivity contribution in [3.8, 4) is 0 Å². The maximum Gasteiger partial charge on any atom is 0.293 e. The molecule has 4 nitrogen and oxygen atoms in total. The minimum absolute atomic E-state index is 0.329. The van der Waals surface area contributed by atoms with Gasteiger partial charge < -0.3 is 4.74 Å². The molecule has 0 N–H and O–H groups in total. The first-order valence-electron chi connectivity index (χ1n) is 4.89. The standard InChI is InChI=1S/C10H17NO3/c1-10(2,14-8-12)7-11-5-3-9(13)4-6-11/h8H,3-7H2,1-2H3. The number of ether oxygens (including phenoxy) is 1. The first kappa shape index (κ1) is 11.2. The summed E-state index contributed by atoms with van der Waals surface area (Å²) in [5.74, 6) is 0.329. The minimum Gasteiger partial charge on any atom is -0.461 e. The van der Waals surface area contributed by atoms with Crippen molar-refractivity contribution in [3.05, 3.63) is 0 Å². The van der Waals surface area contributed by atoms with Gasteiger partial charge in [-0.05, 0) is 13.8 Å². The van der Waals surface area contributed by atoms with E-state index in [1.54, 1.807) is 0 Å². The van der Waals surface area contributed by atoms with Crippen LogP contribution in [0.15, 0.2) is 0 Å². The van der Waals surface area contributed by atoms with E-state index in [-0.39, 0.29) is 0 Å². The number of nitrogens with zero attached hydrogens (tertiary/aromatic N) is 1. The van der Waals surface area contributed by atoms with Crippen molar-refractivity contribution in [2.45, 2.75) is 32.3 Å². The van der Waals surface area contributed by atoms with Gasteiger partial charge in [0.15, 0.2) is 0 Å². The smallest absolute Gasteiger partial charge is 0.293 e. The third-order valence-electron chi connectivity index (χ3n) is 2.39. The van der Waals surface area contributed by atoms with Crippen LogP contribution >= 0.6 is 0 Å². The zero-order chi connectivity index (χ0) is 10.6. The zero-order valence-corrected chi connectivity index (χ0v) is 8.78. The molecule has 4 heteroatoms. The van der Waals surface area contributed by atoms with Crippen molar-refractivity contribution in [1.29, 1.82) is 0 Å². The van der Waals surface area contributed by atoms with E-state index < -0.39 is 5.60 Å². The molecule has 1 aliphatic rings. The summed E-state index contributed by atoms with van der Waals surface area (Å²) in [6, 6.07) is 0. The zero-order valence-electron chi connectivity index (χ0n) is 8.78. The highest BCUT2D eigenvalue weighted by atomic mass is 16.5. The van der Waals surface area contributed by atoms with Crippen LogP contribution in [0.1, 0.15) is 26.7 Å². The van der Waals surface area contributed by atoms with E-state index in [2.05, 4.69) is 4.90 Å². The summed E-state index contributed by atoms with van der Waals surface area (Å²) in [7, 11) is 0. The molecule has 0 unspecified atom stereocenters. The highest BCUT2D eigenvalue weighted by Crippen LogP contribution is 2.13. The molecule has 0 saturated carbocycles. The van der Waals surface area contributed by atoms with Crippen LogP contribution in [0.2, 0.25) is 0 Å². The average molecular weight is 199 g/mol. The molecule has 0 aliphatic carbocycles. The lowest BCUT2D eigenvalue weighted by Gasteiger charge is -2.33. The van der Waals surface area contributed by atoms with Crippen LogP contribution in [-0.2, 0) is 14.3 Å². The van der Waals surface area contributed by atoms with E-state index in [4.69, 9.17) is 4.74 Å². The maximum absolute atomic E-state index is 11.0. The van der Waals surface area contributed by atoms with Crippen molar-refractivity contribution >= 4 is 12.3 Å². The molecule has 1 rings (SSSR count). The van der Waals surface area contributed by atoms with Gasteiger partial charge in [0, 0.05) is 32.5 Å². The van der Waals surface area contributed by atoms with Crippen LogP contribution in [0.5, 0.6) is 0 Å². The summed E-state index contributed by atoms with van der Waals surface area (Å²) in [4.78, 5) is 23.4. The fraction of sp³-hybridized carbons (Fsp3) is 0.800. The number of hydrogen-bond donors (Lipinski definition) is 0. The molecule has 0 amide bonds. The fourth-order valence-corrected chi connectivity index (χ4v) is 1.67. The van der Waals surface area contributed by atoms with Gasteiger partial charge in [-0.1, -0.05) is 0 Å². The van der Waals surface area contributed by atoms with Crippen molar-refractivity contribution in [3.63, 3.8) is 0 Å². The highest BCUT2D eigenvalue weighted by molar-refractivity contribution is 5.79. The van der Waals surface area contributed by atoms with E-state index in [9.17, 15) is 9.59 Å². The molecule has 0 bridgehead atoms. The SMILES string of the molecule is CC(C)(CN1CCC(=O)CC1)OC=O. The van der Waals surface area contributed by atoms with Crippen molar-refractivity contribution in [1.82, 2.24) is 4.90 Å². The van der Waals surface area contributed by atoms with Crippen molar-refractivity contribution in [2.75, 3.05) is 19.6 Å². The van der Waals surface area contributed by atoms with Crippen LogP contribution in [0, 0.1) is 0 Å². The first-order chi connectivity index (χ1) is 6.53. The third kappa shape index (κ3) is 3.46. The molecule has 0 aromatic heterocycles. The van der Waals surface area contributed by atoms with Crippen LogP contribution in [0.3, 0.4) is 0 Å². The van der Waals surface area contributed by atoms with Gasteiger partial charge in [0.2, 0.25) is 0 Å². The largest absolute Gasteiger partial charge is 0.461 e. The summed E-state index contributed by atoms with van der Waals surface area (Å²) >= 11 is 0. The molecule has 1 heterocycles. The van der Waals surface area contributed by atoms with E-state index >= 15 is 0 Å². The van der Waals surface area contributed by atoms with Gasteiger partial charge in [-0.2, -0.15) is 0 Å². The van der Waals surface area contributed by atoms with E-state index in [1.165, 1.54) is 0 Å². The number of hydrogen-bond acceptors (Lipinski definition) is 4. The van der Waals surface area contributed by atoms with Gasteiger partial charge in [-0.25, -0.2) is 0 Å². The molecular weight excluding hydrogens is 182 g/mol. The van der Waals surface area contributed by atoms with Crippen LogP contribution in [-0.4, -0.2) is 42.4 Å². The number of Topliss-reactive ketones (excluding diaryl/α,β-unsaturated/α-hetero) is 1. The maximum atomic E-state index is 11.0. The molecule has 14 heavy (non-hydrogen) atoms. The molecule has 80 valence electrons. The fourth-order valence-electron chi connectivity index (χ4n) is 1.67.